The van der Waals surface area contributed by atoms with E-state index in [-0.39, 0.29) is 36.9 Å². The summed E-state index contributed by atoms with van der Waals surface area (Å²) >= 11 is 19.8. The number of para-hydroxylation sites is 2. The van der Waals surface area contributed by atoms with Gasteiger partial charge in [-0.25, -0.2) is 0 Å². The number of aryl methyl sites for hydroxylation is 4. The van der Waals surface area contributed by atoms with Gasteiger partial charge in [0.25, 0.3) is 0 Å². The Morgan fingerprint density at radius 1 is 0.512 bits per heavy atom. The maximum atomic E-state index is 11.9. The molecule has 0 atom stereocenters. The Labute approximate surface area is 310 Å². The predicted molar refractivity (Wildman–Crippen MR) is 186 cm³/mol. The largest absolute Gasteiger partial charge is 2.00 e. The summed E-state index contributed by atoms with van der Waals surface area (Å²) < 4.78 is 14.3. The van der Waals surface area contributed by atoms with E-state index in [0.717, 1.165) is 11.4 Å². The molecule has 0 amide bonds. The van der Waals surface area contributed by atoms with Crippen LogP contribution in [0.15, 0.2) is 73.2 Å². The van der Waals surface area contributed by atoms with Gasteiger partial charge in [0.2, 0.25) is 0 Å². The summed E-state index contributed by atoms with van der Waals surface area (Å²) in [7, 11) is 0. The number of benzene rings is 4. The van der Waals surface area contributed by atoms with Crippen LogP contribution in [0.5, 0.6) is 34.5 Å². The number of rotatable bonds is 3. The van der Waals surface area contributed by atoms with Gasteiger partial charge in [0.1, 0.15) is 0 Å². The van der Waals surface area contributed by atoms with Crippen molar-refractivity contribution in [1.29, 1.82) is 0 Å². The molecule has 0 saturated heterocycles. The molecule has 0 saturated carbocycles. The maximum Gasteiger partial charge on any atom is 2.00 e. The fourth-order valence-electron chi connectivity index (χ4n) is 4.00. The minimum Gasteiger partial charge on any atom is -0.872 e. The molecule has 0 aliphatic carbocycles. The number of nitrogens with zero attached hydrogens (tertiary/aromatic N) is 2. The Bertz CT molecular complexity index is 1540. The van der Waals surface area contributed by atoms with Crippen molar-refractivity contribution in [1.82, 2.24) is 0 Å². The van der Waals surface area contributed by atoms with Gasteiger partial charge < -0.3 is 19.7 Å². The van der Waals surface area contributed by atoms with Crippen molar-refractivity contribution in [2.24, 2.45) is 9.98 Å². The van der Waals surface area contributed by atoms with Crippen molar-refractivity contribution >= 4 is 119 Å². The molecule has 1 aliphatic heterocycles. The number of aliphatic imine (C=N–C) groups is 2. The van der Waals surface area contributed by atoms with E-state index in [1.54, 1.807) is 12.4 Å². The predicted octanol–water partition coefficient (Wildman–Crippen LogP) is 11.3. The van der Waals surface area contributed by atoms with E-state index in [1.807, 2.05) is 0 Å². The molecule has 0 unspecified atom stereocenters. The van der Waals surface area contributed by atoms with E-state index in [0.29, 0.717) is 29.4 Å². The first kappa shape index (κ1) is 36.3. The average molecular weight is 1010 g/mol. The van der Waals surface area contributed by atoms with E-state index < -0.39 is 11.5 Å². The van der Waals surface area contributed by atoms with E-state index >= 15 is 0 Å². The zero-order valence-electron chi connectivity index (χ0n) is 22.7. The van der Waals surface area contributed by atoms with Crippen molar-refractivity contribution in [3.05, 3.63) is 85.5 Å². The first-order valence-electron chi connectivity index (χ1n) is 12.1. The van der Waals surface area contributed by atoms with Crippen LogP contribution in [0.1, 0.15) is 22.3 Å². The monoisotopic (exact) mass is 1000 g/mol. The van der Waals surface area contributed by atoms with Crippen molar-refractivity contribution in [3.8, 4) is 34.5 Å². The molecule has 4 aromatic rings. The minimum absolute atomic E-state index is 0. The fraction of sp³-hybridized carbons (Fsp3) is 0.133. The summed E-state index contributed by atoms with van der Waals surface area (Å²) in [5, 5.41) is 23.8. The molecular formula is C30H20Br6N2NiO4. The van der Waals surface area contributed by atoms with Crippen molar-refractivity contribution in [2.75, 3.05) is 0 Å². The van der Waals surface area contributed by atoms with Crippen LogP contribution in [0, 0.1) is 27.7 Å². The van der Waals surface area contributed by atoms with Crippen LogP contribution >= 0.6 is 95.6 Å². The summed E-state index contributed by atoms with van der Waals surface area (Å²) in [6.07, 6.45) is 3.53. The van der Waals surface area contributed by atoms with Crippen molar-refractivity contribution in [3.63, 3.8) is 0 Å². The van der Waals surface area contributed by atoms with Crippen LogP contribution in [0.25, 0.3) is 0 Å². The first-order chi connectivity index (χ1) is 19.8. The summed E-state index contributed by atoms with van der Waals surface area (Å²) in [4.78, 5) is 9.01. The molecule has 13 heteroatoms. The molecule has 6 nitrogen and oxygen atoms in total. The Morgan fingerprint density at radius 2 is 0.791 bits per heavy atom. The summed E-state index contributed by atoms with van der Waals surface area (Å²) in [6, 6.07) is 12.4. The fourth-order valence-corrected chi connectivity index (χ4v) is 7.09. The van der Waals surface area contributed by atoms with Crippen LogP contribution in [0.3, 0.4) is 0 Å². The zero-order valence-corrected chi connectivity index (χ0v) is 33.2. The van der Waals surface area contributed by atoms with E-state index in [4.69, 9.17) is 9.47 Å². The molecule has 0 N–H and O–H groups in total. The topological polar surface area (TPSA) is 89.3 Å². The van der Waals surface area contributed by atoms with Gasteiger partial charge in [-0.15, -0.1) is 0 Å². The summed E-state index contributed by atoms with van der Waals surface area (Å²) in [5.74, 6) is -0.370. The summed E-state index contributed by atoms with van der Waals surface area (Å²) in [6.45, 7) is 8.29. The zero-order chi connectivity index (χ0) is 30.9. The SMILES string of the molecule is Cc1cccc(C)c1N=CC=Nc1c(C)cccc1C.[Ni+2].[O-]c1c([O-])c(Br)c2c(c1Br)Oc1c(Br)c(Br)c(Br)c(Br)c1O2. The standard InChI is InChI=1S/C18H20N2.C12H2Br6O4.Ni/c1-13-7-5-8-14(2)17(13)19-11-12-20-18-15(3)9-6-10-16(18)4;13-1-2(14)4(16)10-9(3(1)15)21-11-5(17)7(19)8(20)6(18)12(11)22-10;/h5-12H,1-4H3;19-20H;/q;;+2/p-2. The van der Waals surface area contributed by atoms with Gasteiger partial charge in [-0.2, -0.15) is 0 Å². The smallest absolute Gasteiger partial charge is 0.872 e. The molecule has 0 fully saturated rings. The third-order valence-electron chi connectivity index (χ3n) is 6.15. The number of hydrogen-bond donors (Lipinski definition) is 0. The van der Waals surface area contributed by atoms with Gasteiger partial charge in [-0.05, 0) is 146 Å². The second-order valence-corrected chi connectivity index (χ2v) is 13.9. The van der Waals surface area contributed by atoms with Gasteiger partial charge in [-0.1, -0.05) is 47.9 Å². The molecule has 226 valence electrons. The number of halogens is 6. The minimum atomic E-state index is -0.705. The van der Waals surface area contributed by atoms with Gasteiger partial charge in [-0.3, -0.25) is 9.98 Å². The van der Waals surface area contributed by atoms with Gasteiger partial charge in [0, 0.05) is 12.4 Å². The average Bonchev–Trinajstić information content (AvgIpc) is 2.97. The summed E-state index contributed by atoms with van der Waals surface area (Å²) in [5.41, 5.74) is 6.79. The molecule has 5 rings (SSSR count). The molecule has 0 spiro atoms. The first-order valence-corrected chi connectivity index (χ1v) is 16.9. The van der Waals surface area contributed by atoms with E-state index in [1.165, 1.54) is 22.3 Å². The quantitative estimate of drug-likeness (QED) is 0.0779. The van der Waals surface area contributed by atoms with Crippen LogP contribution < -0.4 is 19.7 Å². The second kappa shape index (κ2) is 15.4. The normalized spacial score (nSPS) is 11.7. The van der Waals surface area contributed by atoms with Crippen molar-refractivity contribution < 1.29 is 36.2 Å². The van der Waals surface area contributed by atoms with E-state index in [9.17, 15) is 10.2 Å². The second-order valence-electron chi connectivity index (χ2n) is 9.10. The number of hydrogen-bond acceptors (Lipinski definition) is 6. The Kier molecular flexibility index (Phi) is 13.0. The molecule has 4 aromatic carbocycles. The van der Waals surface area contributed by atoms with Crippen molar-refractivity contribution in [2.45, 2.75) is 27.7 Å². The van der Waals surface area contributed by atoms with Gasteiger partial charge in [0.05, 0.1) is 38.2 Å². The Balaban J connectivity index is 0.000000231. The molecular weight excluding hydrogens is 990 g/mol. The van der Waals surface area contributed by atoms with Crippen LogP contribution in [-0.2, 0) is 16.5 Å². The molecule has 0 aromatic heterocycles. The Hall–Kier alpha value is -1.21. The number of ether oxygens (including phenoxy) is 2. The molecule has 0 radical (unpaired) electrons. The third kappa shape index (κ3) is 7.61. The molecule has 0 bridgehead atoms. The van der Waals surface area contributed by atoms with Gasteiger partial charge in [0.15, 0.2) is 23.0 Å². The third-order valence-corrected chi connectivity index (χ3v) is 12.3. The van der Waals surface area contributed by atoms with Crippen LogP contribution in [0.2, 0.25) is 0 Å². The van der Waals surface area contributed by atoms with Crippen LogP contribution in [0.4, 0.5) is 11.4 Å². The van der Waals surface area contributed by atoms with E-state index in [2.05, 4.69) is 170 Å². The molecule has 43 heavy (non-hydrogen) atoms. The molecule has 1 heterocycles. The van der Waals surface area contributed by atoms with Crippen LogP contribution in [-0.4, -0.2) is 12.4 Å². The molecule has 1 aliphatic rings. The van der Waals surface area contributed by atoms with Gasteiger partial charge >= 0.3 is 16.5 Å². The number of fused-ring (bicyclic) bond motifs is 2. The maximum absolute atomic E-state index is 11.9. The Morgan fingerprint density at radius 3 is 1.09 bits per heavy atom.